The van der Waals surface area contributed by atoms with Gasteiger partial charge < -0.3 is 4.42 Å². The van der Waals surface area contributed by atoms with Gasteiger partial charge in [-0.05, 0) is 137 Å². The summed E-state index contributed by atoms with van der Waals surface area (Å²) in [7, 11) is 0. The summed E-state index contributed by atoms with van der Waals surface area (Å²) in [6.45, 7) is 22.4. The average Bonchev–Trinajstić information content (AvgIpc) is 3.76. The summed E-state index contributed by atoms with van der Waals surface area (Å²) in [4.78, 5) is 14.7. The Bertz CT molecular complexity index is 2850. The molecule has 8 aromatic rings. The van der Waals surface area contributed by atoms with Gasteiger partial charge in [0.25, 0.3) is 0 Å². The zero-order valence-corrected chi connectivity index (χ0v) is 36.8. The molecule has 0 aliphatic heterocycles. The fraction of sp³-hybridized carbons (Fsp3) is 0.273. The molecule has 3 aromatic heterocycles. The fourth-order valence-corrected chi connectivity index (χ4v) is 9.36. The van der Waals surface area contributed by atoms with E-state index < -0.39 is 0 Å². The SMILES string of the molecule is CCC1(CC)c2cc(N(c3ccc(C(C)(C)C)cc3)c3ccc(C)cn3)ccc2-c2c1cc(N(c1ccc(C(C)(C)C)cc1)c1ccc(C)cn1)c1c2oc2ccccc21. The Labute approximate surface area is 355 Å². The standard InChI is InChI=1S/C55H56N4O/c1-11-55(12-2)44-31-41(58(48-29-17-35(3)33-56-48)39-23-19-37(20-24-39)53(5,6)7)27-28-42(44)50-45(55)32-46(51-43-15-13-14-16-47(43)60-52(50)51)59(49-30-18-36(4)34-57-49)40-25-21-38(22-26-40)54(8,9)10/h13-34H,11-12H2,1-10H3. The van der Waals surface area contributed by atoms with Gasteiger partial charge in [-0.25, -0.2) is 9.97 Å². The van der Waals surface area contributed by atoms with E-state index in [-0.39, 0.29) is 16.2 Å². The number of nitrogens with zero attached hydrogens (tertiary/aromatic N) is 4. The molecule has 0 fully saturated rings. The van der Waals surface area contributed by atoms with Crippen molar-refractivity contribution >= 4 is 56.3 Å². The van der Waals surface area contributed by atoms with Crippen molar-refractivity contribution < 1.29 is 4.42 Å². The van der Waals surface area contributed by atoms with E-state index in [1.54, 1.807) is 0 Å². The van der Waals surface area contributed by atoms with Crippen LogP contribution < -0.4 is 9.80 Å². The molecule has 0 saturated heterocycles. The van der Waals surface area contributed by atoms with E-state index in [1.165, 1.54) is 33.4 Å². The summed E-state index contributed by atoms with van der Waals surface area (Å²) < 4.78 is 7.08. The monoisotopic (exact) mass is 788 g/mol. The third-order valence-corrected chi connectivity index (χ3v) is 12.9. The highest BCUT2D eigenvalue weighted by Crippen LogP contribution is 2.59. The highest BCUT2D eigenvalue weighted by molar-refractivity contribution is 6.19. The maximum Gasteiger partial charge on any atom is 0.145 e. The first-order valence-corrected chi connectivity index (χ1v) is 21.5. The van der Waals surface area contributed by atoms with Gasteiger partial charge in [-0.1, -0.05) is 116 Å². The maximum absolute atomic E-state index is 7.08. The molecule has 3 heterocycles. The van der Waals surface area contributed by atoms with Crippen molar-refractivity contribution in [3.63, 3.8) is 0 Å². The Morgan fingerprint density at radius 1 is 0.567 bits per heavy atom. The van der Waals surface area contributed by atoms with Crippen molar-refractivity contribution in [3.05, 3.63) is 167 Å². The van der Waals surface area contributed by atoms with Gasteiger partial charge in [-0.2, -0.15) is 0 Å². The summed E-state index contributed by atoms with van der Waals surface area (Å²) in [6, 6.07) is 44.6. The van der Waals surface area contributed by atoms with Crippen LogP contribution in [0.5, 0.6) is 0 Å². The number of aryl methyl sites for hydroxylation is 2. The number of anilines is 6. The van der Waals surface area contributed by atoms with Gasteiger partial charge in [0, 0.05) is 45.8 Å². The minimum Gasteiger partial charge on any atom is -0.455 e. The Kier molecular flexibility index (Phi) is 9.50. The van der Waals surface area contributed by atoms with Crippen LogP contribution in [0.25, 0.3) is 33.1 Å². The molecule has 0 atom stereocenters. The maximum atomic E-state index is 7.08. The zero-order chi connectivity index (χ0) is 42.1. The molecule has 0 saturated carbocycles. The molecule has 1 aliphatic rings. The molecule has 0 spiro atoms. The molecule has 5 aromatic carbocycles. The highest BCUT2D eigenvalue weighted by atomic mass is 16.3. The van der Waals surface area contributed by atoms with E-state index in [0.29, 0.717) is 0 Å². The number of aromatic nitrogens is 2. The number of furan rings is 1. The Morgan fingerprint density at radius 2 is 1.10 bits per heavy atom. The number of fused-ring (bicyclic) bond motifs is 7. The zero-order valence-electron chi connectivity index (χ0n) is 36.8. The topological polar surface area (TPSA) is 45.4 Å². The van der Waals surface area contributed by atoms with E-state index in [2.05, 4.69) is 200 Å². The lowest BCUT2D eigenvalue weighted by Crippen LogP contribution is -2.24. The van der Waals surface area contributed by atoms with Crippen molar-refractivity contribution in [2.75, 3.05) is 9.80 Å². The van der Waals surface area contributed by atoms with Gasteiger partial charge in [0.15, 0.2) is 0 Å². The molecule has 0 bridgehead atoms. The lowest BCUT2D eigenvalue weighted by Gasteiger charge is -2.33. The van der Waals surface area contributed by atoms with E-state index in [1.807, 2.05) is 12.4 Å². The van der Waals surface area contributed by atoms with Gasteiger partial charge in [0.1, 0.15) is 22.8 Å². The summed E-state index contributed by atoms with van der Waals surface area (Å²) in [5.41, 5.74) is 15.7. The van der Waals surface area contributed by atoms with E-state index in [4.69, 9.17) is 14.4 Å². The second-order valence-corrected chi connectivity index (χ2v) is 18.8. The van der Waals surface area contributed by atoms with Gasteiger partial charge in [-0.3, -0.25) is 9.80 Å². The fourth-order valence-electron chi connectivity index (χ4n) is 9.36. The number of hydrogen-bond donors (Lipinski definition) is 0. The molecular weight excluding hydrogens is 733 g/mol. The van der Waals surface area contributed by atoms with Crippen molar-refractivity contribution in [1.29, 1.82) is 0 Å². The highest BCUT2D eigenvalue weighted by Gasteiger charge is 2.44. The van der Waals surface area contributed by atoms with Crippen molar-refractivity contribution in [1.82, 2.24) is 9.97 Å². The lowest BCUT2D eigenvalue weighted by molar-refractivity contribution is 0.490. The van der Waals surface area contributed by atoms with Crippen LogP contribution in [0.2, 0.25) is 0 Å². The van der Waals surface area contributed by atoms with Gasteiger partial charge in [-0.15, -0.1) is 0 Å². The minimum absolute atomic E-state index is 0.0283. The molecule has 0 amide bonds. The Hall–Kier alpha value is -6.20. The van der Waals surface area contributed by atoms with E-state index in [9.17, 15) is 0 Å². The smallest absolute Gasteiger partial charge is 0.145 e. The average molecular weight is 789 g/mol. The summed E-state index contributed by atoms with van der Waals surface area (Å²) in [6.07, 6.45) is 5.77. The van der Waals surface area contributed by atoms with Crippen LogP contribution in [0.3, 0.4) is 0 Å². The van der Waals surface area contributed by atoms with Crippen molar-refractivity contribution in [2.24, 2.45) is 0 Å². The number of hydrogen-bond acceptors (Lipinski definition) is 5. The van der Waals surface area contributed by atoms with Gasteiger partial charge in [0.2, 0.25) is 0 Å². The molecule has 5 nitrogen and oxygen atoms in total. The van der Waals surface area contributed by atoms with E-state index in [0.717, 1.165) is 80.3 Å². The third kappa shape index (κ3) is 6.46. The summed E-state index contributed by atoms with van der Waals surface area (Å²) in [5, 5.41) is 2.18. The Morgan fingerprint density at radius 3 is 1.63 bits per heavy atom. The van der Waals surface area contributed by atoms with Crippen molar-refractivity contribution in [2.45, 2.75) is 98.3 Å². The first-order chi connectivity index (χ1) is 28.7. The quantitative estimate of drug-likeness (QED) is 0.153. The second kappa shape index (κ2) is 14.5. The number of para-hydroxylation sites is 1. The molecule has 60 heavy (non-hydrogen) atoms. The van der Waals surface area contributed by atoms with Crippen LogP contribution in [0.15, 0.2) is 138 Å². The Balaban J connectivity index is 1.30. The van der Waals surface area contributed by atoms with Gasteiger partial charge in [0.05, 0.1) is 11.1 Å². The van der Waals surface area contributed by atoms with Crippen LogP contribution in [0.1, 0.15) is 102 Å². The van der Waals surface area contributed by atoms with Crippen LogP contribution in [0, 0.1) is 13.8 Å². The molecule has 0 N–H and O–H groups in total. The van der Waals surface area contributed by atoms with E-state index >= 15 is 0 Å². The molecule has 302 valence electrons. The predicted octanol–water partition coefficient (Wildman–Crippen LogP) is 15.6. The van der Waals surface area contributed by atoms with Crippen LogP contribution in [-0.4, -0.2) is 9.97 Å². The summed E-state index contributed by atoms with van der Waals surface area (Å²) >= 11 is 0. The number of benzene rings is 5. The first-order valence-electron chi connectivity index (χ1n) is 21.5. The summed E-state index contributed by atoms with van der Waals surface area (Å²) in [5.74, 6) is 1.75. The van der Waals surface area contributed by atoms with Crippen LogP contribution in [0.4, 0.5) is 34.4 Å². The predicted molar refractivity (Wildman–Crippen MR) is 252 cm³/mol. The normalized spacial score (nSPS) is 13.4. The molecule has 5 heteroatoms. The second-order valence-electron chi connectivity index (χ2n) is 18.8. The van der Waals surface area contributed by atoms with Crippen LogP contribution >= 0.6 is 0 Å². The third-order valence-electron chi connectivity index (χ3n) is 12.9. The van der Waals surface area contributed by atoms with Crippen molar-refractivity contribution in [3.8, 4) is 11.1 Å². The largest absolute Gasteiger partial charge is 0.455 e. The van der Waals surface area contributed by atoms with Gasteiger partial charge >= 0.3 is 0 Å². The minimum atomic E-state index is -0.284. The molecule has 9 rings (SSSR count). The first kappa shape index (κ1) is 39.3. The lowest BCUT2D eigenvalue weighted by atomic mass is 9.73. The molecule has 0 unspecified atom stereocenters. The van der Waals surface area contributed by atoms with Crippen LogP contribution in [-0.2, 0) is 16.2 Å². The number of pyridine rings is 2. The molecule has 1 aliphatic carbocycles. The molecule has 0 radical (unpaired) electrons. The molecular formula is C55H56N4O. The number of rotatable bonds is 8.